The van der Waals surface area contributed by atoms with Crippen LogP contribution >= 0.6 is 11.6 Å². The van der Waals surface area contributed by atoms with Gasteiger partial charge in [0, 0.05) is 31.9 Å². The van der Waals surface area contributed by atoms with Crippen LogP contribution in [0.5, 0.6) is 0 Å². The smallest absolute Gasteiger partial charge is 0.253 e. The Hall–Kier alpha value is -3.46. The van der Waals surface area contributed by atoms with Crippen molar-refractivity contribution in [2.45, 2.75) is 56.8 Å². The molecule has 1 N–H and O–H groups in total. The lowest BCUT2D eigenvalue weighted by Gasteiger charge is -2.37. The number of aliphatic hydroxyl groups is 1. The molecule has 3 saturated heterocycles. The van der Waals surface area contributed by atoms with Crippen LogP contribution in [0.4, 0.5) is 11.4 Å². The average Bonchev–Trinajstić information content (AvgIpc) is 3.61. The number of hydrogen-bond acceptors (Lipinski definition) is 5. The molecule has 3 amide bonds. The summed E-state index contributed by atoms with van der Waals surface area (Å²) in [5.74, 6) is -2.48. The number of benzene rings is 2. The van der Waals surface area contributed by atoms with Gasteiger partial charge >= 0.3 is 0 Å². The van der Waals surface area contributed by atoms with Crippen LogP contribution in [-0.2, 0) is 19.1 Å². The van der Waals surface area contributed by atoms with E-state index >= 15 is 0 Å². The molecule has 0 radical (unpaired) electrons. The molecular formula is C34H40ClN3O5. The predicted octanol–water partition coefficient (Wildman–Crippen LogP) is 4.92. The SMILES string of the molecule is C=CCN(C(=O)[C@@H]1[C@H]2C(=O)N(CCCO)C(C(=O)N(CC=C)c3c(C)cccc3Cl)C23CC[C@@]1(CC)O3)c1ccccc1. The van der Waals surface area contributed by atoms with Crippen molar-refractivity contribution in [3.05, 3.63) is 84.4 Å². The number of anilines is 2. The van der Waals surface area contributed by atoms with Crippen molar-refractivity contribution >= 4 is 40.7 Å². The Morgan fingerprint density at radius 3 is 2.40 bits per heavy atom. The zero-order valence-electron chi connectivity index (χ0n) is 24.9. The maximum Gasteiger partial charge on any atom is 0.253 e. The minimum Gasteiger partial charge on any atom is -0.396 e. The molecule has 228 valence electrons. The van der Waals surface area contributed by atoms with Crippen molar-refractivity contribution in [2.75, 3.05) is 36.0 Å². The van der Waals surface area contributed by atoms with Gasteiger partial charge in [0.25, 0.3) is 5.91 Å². The third-order valence-electron chi connectivity index (χ3n) is 9.42. The Bertz CT molecular complexity index is 1400. The van der Waals surface area contributed by atoms with Crippen LogP contribution in [-0.4, -0.2) is 71.2 Å². The first-order valence-electron chi connectivity index (χ1n) is 15.0. The number of likely N-dealkylation sites (tertiary alicyclic amines) is 1. The third kappa shape index (κ3) is 4.89. The number of aryl methyl sites for hydroxylation is 1. The second-order valence-corrected chi connectivity index (χ2v) is 12.1. The molecule has 1 spiro atoms. The van der Waals surface area contributed by atoms with Gasteiger partial charge in [-0.3, -0.25) is 14.4 Å². The second kappa shape index (κ2) is 12.3. The molecule has 0 aliphatic carbocycles. The van der Waals surface area contributed by atoms with Gasteiger partial charge in [-0.25, -0.2) is 0 Å². The minimum atomic E-state index is -1.20. The number of rotatable bonds is 12. The molecule has 9 heteroatoms. The first-order valence-corrected chi connectivity index (χ1v) is 15.3. The fraction of sp³-hybridized carbons (Fsp3) is 0.441. The molecule has 3 heterocycles. The predicted molar refractivity (Wildman–Crippen MR) is 168 cm³/mol. The van der Waals surface area contributed by atoms with Crippen LogP contribution in [0.15, 0.2) is 73.8 Å². The van der Waals surface area contributed by atoms with Gasteiger partial charge in [-0.05, 0) is 56.4 Å². The molecule has 3 aliphatic heterocycles. The van der Waals surface area contributed by atoms with Crippen LogP contribution in [0.3, 0.4) is 0 Å². The molecule has 2 aromatic rings. The van der Waals surface area contributed by atoms with E-state index in [0.717, 1.165) is 5.56 Å². The van der Waals surface area contributed by atoms with Gasteiger partial charge in [-0.15, -0.1) is 13.2 Å². The number of amides is 3. The van der Waals surface area contributed by atoms with Crippen molar-refractivity contribution in [3.8, 4) is 0 Å². The van der Waals surface area contributed by atoms with Crippen LogP contribution < -0.4 is 9.80 Å². The highest BCUT2D eigenvalue weighted by Gasteiger charge is 2.79. The van der Waals surface area contributed by atoms with Crippen LogP contribution in [0.1, 0.15) is 38.2 Å². The zero-order valence-corrected chi connectivity index (χ0v) is 25.6. The Labute approximate surface area is 258 Å². The monoisotopic (exact) mass is 605 g/mol. The maximum absolute atomic E-state index is 14.8. The zero-order chi connectivity index (χ0) is 30.9. The quantitative estimate of drug-likeness (QED) is 0.347. The van der Waals surface area contributed by atoms with Gasteiger partial charge in [0.1, 0.15) is 11.6 Å². The van der Waals surface area contributed by atoms with E-state index < -0.39 is 29.1 Å². The average molecular weight is 606 g/mol. The van der Waals surface area contributed by atoms with E-state index in [-0.39, 0.29) is 50.4 Å². The third-order valence-corrected chi connectivity index (χ3v) is 9.72. The van der Waals surface area contributed by atoms with E-state index in [9.17, 15) is 19.5 Å². The highest BCUT2D eigenvalue weighted by molar-refractivity contribution is 6.34. The van der Waals surface area contributed by atoms with E-state index in [1.165, 1.54) is 4.90 Å². The van der Waals surface area contributed by atoms with E-state index in [1.807, 2.05) is 56.3 Å². The Kier molecular flexibility index (Phi) is 8.84. The number of fused-ring (bicyclic) bond motifs is 1. The maximum atomic E-state index is 14.8. The number of hydrogen-bond donors (Lipinski definition) is 1. The van der Waals surface area contributed by atoms with Gasteiger partial charge in [0.2, 0.25) is 11.8 Å². The number of halogens is 1. The van der Waals surface area contributed by atoms with Gasteiger partial charge in [0.05, 0.1) is 28.1 Å². The molecule has 2 bridgehead atoms. The Morgan fingerprint density at radius 2 is 1.77 bits per heavy atom. The summed E-state index contributed by atoms with van der Waals surface area (Å²) in [7, 11) is 0. The topological polar surface area (TPSA) is 90.4 Å². The molecular weight excluding hydrogens is 566 g/mol. The number of nitrogens with zero attached hydrogens (tertiary/aromatic N) is 3. The number of carbonyl (C=O) groups excluding carboxylic acids is 3. The standard InChI is InChI=1S/C34H40ClN3O5/c1-5-19-36(24-14-9-8-10-15-24)30(40)26-27-31(41)38(21-12-22-39)29(34(27)18-17-33(26,7-3)43-34)32(42)37(20-6-2)28-23(4)13-11-16-25(28)35/h5-6,8-11,13-16,26-27,29,39H,1-2,7,12,17-22H2,3-4H3/t26-,27-,29?,33+,34?/m0/s1. The molecule has 8 nitrogen and oxygen atoms in total. The van der Waals surface area contributed by atoms with Crippen molar-refractivity contribution in [3.63, 3.8) is 0 Å². The van der Waals surface area contributed by atoms with Gasteiger partial charge in [-0.1, -0.05) is 61.0 Å². The van der Waals surface area contributed by atoms with E-state index in [2.05, 4.69) is 13.2 Å². The summed E-state index contributed by atoms with van der Waals surface area (Å²) >= 11 is 6.65. The second-order valence-electron chi connectivity index (χ2n) is 11.7. The first-order chi connectivity index (χ1) is 20.7. The summed E-state index contributed by atoms with van der Waals surface area (Å²) in [4.78, 5) is 48.6. The summed E-state index contributed by atoms with van der Waals surface area (Å²) < 4.78 is 6.95. The Balaban J connectivity index is 1.63. The lowest BCUT2D eigenvalue weighted by atomic mass is 9.64. The highest BCUT2D eigenvalue weighted by Crippen LogP contribution is 2.65. The summed E-state index contributed by atoms with van der Waals surface area (Å²) in [5.41, 5.74) is -0.0326. The van der Waals surface area contributed by atoms with E-state index in [1.54, 1.807) is 28.0 Å². The number of aliphatic hydroxyl groups excluding tert-OH is 1. The fourth-order valence-corrected chi connectivity index (χ4v) is 7.94. The van der Waals surface area contributed by atoms with E-state index in [0.29, 0.717) is 35.7 Å². The Morgan fingerprint density at radius 1 is 1.07 bits per heavy atom. The van der Waals surface area contributed by atoms with Crippen molar-refractivity contribution in [1.29, 1.82) is 0 Å². The van der Waals surface area contributed by atoms with Gasteiger partial charge < -0.3 is 24.5 Å². The largest absolute Gasteiger partial charge is 0.396 e. The normalized spacial score (nSPS) is 27.2. The molecule has 3 aliphatic rings. The summed E-state index contributed by atoms with van der Waals surface area (Å²) in [5, 5.41) is 10.1. The van der Waals surface area contributed by atoms with Crippen LogP contribution in [0.2, 0.25) is 5.02 Å². The van der Waals surface area contributed by atoms with Crippen molar-refractivity contribution in [2.24, 2.45) is 11.8 Å². The van der Waals surface area contributed by atoms with Crippen LogP contribution in [0, 0.1) is 18.8 Å². The molecule has 43 heavy (non-hydrogen) atoms. The molecule has 3 fully saturated rings. The van der Waals surface area contributed by atoms with Crippen molar-refractivity contribution < 1.29 is 24.2 Å². The minimum absolute atomic E-state index is 0.147. The van der Waals surface area contributed by atoms with Gasteiger partial charge in [0.15, 0.2) is 0 Å². The molecule has 2 aromatic carbocycles. The lowest BCUT2D eigenvalue weighted by molar-refractivity contribution is -0.146. The summed E-state index contributed by atoms with van der Waals surface area (Å²) in [6, 6.07) is 13.8. The molecule has 0 aromatic heterocycles. The van der Waals surface area contributed by atoms with Crippen LogP contribution in [0.25, 0.3) is 0 Å². The molecule has 5 rings (SSSR count). The fourth-order valence-electron chi connectivity index (χ4n) is 7.61. The molecule has 2 unspecified atom stereocenters. The van der Waals surface area contributed by atoms with E-state index in [4.69, 9.17) is 16.3 Å². The number of ether oxygens (including phenoxy) is 1. The molecule has 5 atom stereocenters. The van der Waals surface area contributed by atoms with Crippen molar-refractivity contribution in [1.82, 2.24) is 4.90 Å². The number of carbonyl (C=O) groups is 3. The molecule has 0 saturated carbocycles. The summed E-state index contributed by atoms with van der Waals surface area (Å²) in [6.45, 7) is 12.0. The van der Waals surface area contributed by atoms with Gasteiger partial charge in [-0.2, -0.15) is 0 Å². The first kappa shape index (κ1) is 31.0. The lowest BCUT2D eigenvalue weighted by Crippen LogP contribution is -2.57. The highest BCUT2D eigenvalue weighted by atomic mass is 35.5. The summed E-state index contributed by atoms with van der Waals surface area (Å²) in [6.07, 6.45) is 5.11. The number of para-hydroxylation sites is 2.